The molecule has 0 fully saturated rings. The second-order valence-corrected chi connectivity index (χ2v) is 17.2. The normalized spacial score (nSPS) is 11.5. The molecule has 354 valence electrons. The number of ether oxygens (including phenoxy) is 2. The first-order valence-electron chi connectivity index (χ1n) is 23.9. The number of rotatable bonds is 18. The van der Waals surface area contributed by atoms with Crippen molar-refractivity contribution in [3.05, 3.63) is 274 Å². The van der Waals surface area contributed by atoms with Gasteiger partial charge in [0.05, 0.1) is 27.4 Å². The topological polar surface area (TPSA) is 65.4 Å². The zero-order chi connectivity index (χ0) is 49.5. The molecule has 9 aromatic rings. The Hall–Kier alpha value is -8.94. The highest BCUT2D eigenvalue weighted by atomic mass is 16.5. The van der Waals surface area contributed by atoms with E-state index < -0.39 is 0 Å². The van der Waals surface area contributed by atoms with E-state index in [0.29, 0.717) is 0 Å². The van der Waals surface area contributed by atoms with Crippen LogP contribution in [0.1, 0.15) is 55.6 Å². The van der Waals surface area contributed by atoms with E-state index >= 15 is 0 Å². The SMILES string of the molecule is COc1ccc(N(c2ccc(/C=C/c3ccc(/C=C/c4ccc(/C=C/c5ccc(/C=C/c6ccc(N(c7ccc(CO)cc7)c7ccc(CO)cc7)cc6)cc5)cc4)cc3)cc2)c2ccc(OC)cc2)cc1. The molecular weight excluding hydrogens is 885 g/mol. The van der Waals surface area contributed by atoms with Crippen LogP contribution in [-0.2, 0) is 13.2 Å². The molecule has 0 amide bonds. The molecule has 0 aromatic heterocycles. The van der Waals surface area contributed by atoms with Gasteiger partial charge in [0.15, 0.2) is 0 Å². The molecule has 0 radical (unpaired) electrons. The third-order valence-electron chi connectivity index (χ3n) is 12.4. The van der Waals surface area contributed by atoms with Crippen LogP contribution >= 0.6 is 0 Å². The van der Waals surface area contributed by atoms with Crippen LogP contribution in [0, 0.1) is 0 Å². The molecule has 0 aliphatic rings. The first kappa shape index (κ1) is 48.1. The lowest BCUT2D eigenvalue weighted by Crippen LogP contribution is -2.10. The molecule has 0 aliphatic heterocycles. The van der Waals surface area contributed by atoms with Gasteiger partial charge in [0.1, 0.15) is 11.5 Å². The average Bonchev–Trinajstić information content (AvgIpc) is 3.45. The molecular formula is C66H56N2O4. The number of hydrogen-bond donors (Lipinski definition) is 2. The summed E-state index contributed by atoms with van der Waals surface area (Å²) in [5.41, 5.74) is 16.8. The summed E-state index contributed by atoms with van der Waals surface area (Å²) >= 11 is 0. The van der Waals surface area contributed by atoms with Gasteiger partial charge >= 0.3 is 0 Å². The van der Waals surface area contributed by atoms with Crippen LogP contribution in [0.25, 0.3) is 48.6 Å². The van der Waals surface area contributed by atoms with Gasteiger partial charge in [-0.05, 0) is 153 Å². The number of benzene rings is 9. The first-order chi connectivity index (χ1) is 35.4. The molecule has 9 aromatic carbocycles. The van der Waals surface area contributed by atoms with Gasteiger partial charge in [-0.1, -0.05) is 170 Å². The predicted octanol–water partition coefficient (Wildman–Crippen LogP) is 16.3. The summed E-state index contributed by atoms with van der Waals surface area (Å²) < 4.78 is 10.8. The van der Waals surface area contributed by atoms with Gasteiger partial charge < -0.3 is 29.5 Å². The van der Waals surface area contributed by atoms with Gasteiger partial charge in [-0.25, -0.2) is 0 Å². The Morgan fingerprint density at radius 2 is 0.431 bits per heavy atom. The highest BCUT2D eigenvalue weighted by molar-refractivity contribution is 5.81. The Labute approximate surface area is 423 Å². The largest absolute Gasteiger partial charge is 0.497 e. The smallest absolute Gasteiger partial charge is 0.119 e. The molecule has 0 unspecified atom stereocenters. The number of methoxy groups -OCH3 is 2. The van der Waals surface area contributed by atoms with Gasteiger partial charge in [0.2, 0.25) is 0 Å². The molecule has 0 heterocycles. The molecule has 0 spiro atoms. The third kappa shape index (κ3) is 12.4. The summed E-state index contributed by atoms with van der Waals surface area (Å²) in [7, 11) is 3.36. The lowest BCUT2D eigenvalue weighted by atomic mass is 10.1. The molecule has 0 bridgehead atoms. The minimum Gasteiger partial charge on any atom is -0.497 e. The quantitative estimate of drug-likeness (QED) is 0.0836. The fourth-order valence-corrected chi connectivity index (χ4v) is 8.25. The number of aliphatic hydroxyl groups excluding tert-OH is 2. The minimum absolute atomic E-state index is 0.00113. The van der Waals surface area contributed by atoms with Gasteiger partial charge in [-0.2, -0.15) is 0 Å². The summed E-state index contributed by atoms with van der Waals surface area (Å²) in [4.78, 5) is 4.38. The Bertz CT molecular complexity index is 2930. The molecule has 0 saturated carbocycles. The summed E-state index contributed by atoms with van der Waals surface area (Å²) in [6, 6.07) is 74.7. The molecule has 2 N–H and O–H groups in total. The van der Waals surface area contributed by atoms with Crippen LogP contribution in [-0.4, -0.2) is 24.4 Å². The second kappa shape index (κ2) is 23.6. The first-order valence-corrected chi connectivity index (χ1v) is 23.9. The van der Waals surface area contributed by atoms with Gasteiger partial charge in [-0.3, -0.25) is 0 Å². The van der Waals surface area contributed by atoms with Crippen molar-refractivity contribution >= 4 is 82.7 Å². The van der Waals surface area contributed by atoms with E-state index in [1.165, 1.54) is 0 Å². The van der Waals surface area contributed by atoms with Crippen LogP contribution < -0.4 is 19.3 Å². The molecule has 72 heavy (non-hydrogen) atoms. The Morgan fingerprint density at radius 1 is 0.264 bits per heavy atom. The molecule has 0 saturated heterocycles. The van der Waals surface area contributed by atoms with Crippen LogP contribution in [0.3, 0.4) is 0 Å². The number of hydrogen-bond acceptors (Lipinski definition) is 6. The molecule has 0 atom stereocenters. The second-order valence-electron chi connectivity index (χ2n) is 17.2. The molecule has 6 nitrogen and oxygen atoms in total. The molecule has 0 aliphatic carbocycles. The van der Waals surface area contributed by atoms with Crippen molar-refractivity contribution in [1.82, 2.24) is 0 Å². The summed E-state index contributed by atoms with van der Waals surface area (Å²) in [5.74, 6) is 1.63. The number of anilines is 6. The van der Waals surface area contributed by atoms with E-state index in [2.05, 4.69) is 204 Å². The number of aliphatic hydroxyl groups is 2. The fraction of sp³-hybridized carbons (Fsp3) is 0.0606. The monoisotopic (exact) mass is 940 g/mol. The fourth-order valence-electron chi connectivity index (χ4n) is 8.25. The Kier molecular flexibility index (Phi) is 15.8. The Balaban J connectivity index is 0.770. The summed E-state index contributed by atoms with van der Waals surface area (Å²) in [6.07, 6.45) is 17.1. The van der Waals surface area contributed by atoms with E-state index in [-0.39, 0.29) is 13.2 Å². The number of nitrogens with zero attached hydrogens (tertiary/aromatic N) is 2. The lowest BCUT2D eigenvalue weighted by Gasteiger charge is -2.26. The maximum absolute atomic E-state index is 9.58. The zero-order valence-corrected chi connectivity index (χ0v) is 40.4. The van der Waals surface area contributed by atoms with Crippen molar-refractivity contribution in [3.8, 4) is 11.5 Å². The maximum atomic E-state index is 9.58. The van der Waals surface area contributed by atoms with Crippen molar-refractivity contribution in [3.63, 3.8) is 0 Å². The van der Waals surface area contributed by atoms with Crippen LogP contribution in [0.5, 0.6) is 11.5 Å². The summed E-state index contributed by atoms with van der Waals surface area (Å²) in [6.45, 7) is -0.00225. The predicted molar refractivity (Wildman–Crippen MR) is 302 cm³/mol. The van der Waals surface area contributed by atoms with E-state index in [9.17, 15) is 10.2 Å². The van der Waals surface area contributed by atoms with Crippen molar-refractivity contribution in [2.24, 2.45) is 0 Å². The van der Waals surface area contributed by atoms with Crippen LogP contribution in [0.4, 0.5) is 34.1 Å². The van der Waals surface area contributed by atoms with E-state index in [1.54, 1.807) is 14.2 Å². The van der Waals surface area contributed by atoms with Crippen molar-refractivity contribution in [2.45, 2.75) is 13.2 Å². The van der Waals surface area contributed by atoms with Gasteiger partial charge in [0, 0.05) is 34.1 Å². The summed E-state index contributed by atoms with van der Waals surface area (Å²) in [5, 5.41) is 19.2. The van der Waals surface area contributed by atoms with Crippen LogP contribution in [0.2, 0.25) is 0 Å². The van der Waals surface area contributed by atoms with Crippen molar-refractivity contribution in [1.29, 1.82) is 0 Å². The van der Waals surface area contributed by atoms with Gasteiger partial charge in [0.25, 0.3) is 0 Å². The average molecular weight is 941 g/mol. The third-order valence-corrected chi connectivity index (χ3v) is 12.4. The standard InChI is InChI=1S/C66H56N2O4/c1-71-65-43-39-63(40-44-65)68(64-41-45-66(72-2)46-42-64)60-33-25-56(26-34-60)22-20-54-17-13-52(14-18-54)10-8-50-5-3-49(4-6-50)7-9-51-11-15-53(16-12-51)19-21-55-23-31-59(32-24-55)67(61-35-27-57(47-69)28-36-61)62-37-29-58(48-70)30-38-62/h3-46,69-70H,47-48H2,1-2H3/b9-7+,10-8+,21-19+,22-20+. The minimum atomic E-state index is -0.00113. The Morgan fingerprint density at radius 3 is 0.611 bits per heavy atom. The van der Waals surface area contributed by atoms with E-state index in [0.717, 1.165) is 101 Å². The maximum Gasteiger partial charge on any atom is 0.119 e. The highest BCUT2D eigenvalue weighted by Crippen LogP contribution is 2.37. The zero-order valence-electron chi connectivity index (χ0n) is 40.4. The highest BCUT2D eigenvalue weighted by Gasteiger charge is 2.14. The van der Waals surface area contributed by atoms with Crippen molar-refractivity contribution in [2.75, 3.05) is 24.0 Å². The van der Waals surface area contributed by atoms with Gasteiger partial charge in [-0.15, -0.1) is 0 Å². The molecule has 9 rings (SSSR count). The molecule has 6 heteroatoms. The van der Waals surface area contributed by atoms with E-state index in [4.69, 9.17) is 9.47 Å². The lowest BCUT2D eigenvalue weighted by molar-refractivity contribution is 0.281. The van der Waals surface area contributed by atoms with E-state index in [1.807, 2.05) is 72.8 Å². The van der Waals surface area contributed by atoms with Crippen molar-refractivity contribution < 1.29 is 19.7 Å². The van der Waals surface area contributed by atoms with Crippen LogP contribution in [0.15, 0.2) is 218 Å².